The monoisotopic (exact) mass is 367 g/mol. The van der Waals surface area contributed by atoms with Gasteiger partial charge in [-0.15, -0.1) is 0 Å². The highest BCUT2D eigenvalue weighted by molar-refractivity contribution is 5.94. The van der Waals surface area contributed by atoms with Gasteiger partial charge >= 0.3 is 0 Å². The van der Waals surface area contributed by atoms with Gasteiger partial charge in [-0.3, -0.25) is 9.59 Å². The number of nitrogens with zero attached hydrogens (tertiary/aromatic N) is 1. The minimum Gasteiger partial charge on any atom is -0.352 e. The fraction of sp³-hybridized carbons (Fsp3) is 0.364. The summed E-state index contributed by atoms with van der Waals surface area (Å²) >= 11 is 0. The summed E-state index contributed by atoms with van der Waals surface area (Å²) in [6.07, 6.45) is 0.941. The van der Waals surface area contributed by atoms with Crippen molar-refractivity contribution in [2.75, 3.05) is 26.2 Å². The molecule has 0 fully saturated rings. The van der Waals surface area contributed by atoms with Crippen LogP contribution in [0, 0.1) is 0 Å². The summed E-state index contributed by atoms with van der Waals surface area (Å²) in [5.41, 5.74) is 2.23. The van der Waals surface area contributed by atoms with Crippen LogP contribution in [0.4, 0.5) is 0 Å². The lowest BCUT2D eigenvalue weighted by Gasteiger charge is -2.17. The van der Waals surface area contributed by atoms with Crippen LogP contribution in [-0.2, 0) is 6.54 Å². The van der Waals surface area contributed by atoms with Crippen molar-refractivity contribution < 1.29 is 9.59 Å². The zero-order valence-corrected chi connectivity index (χ0v) is 16.2. The minimum absolute atomic E-state index is 0.0607. The van der Waals surface area contributed by atoms with E-state index in [9.17, 15) is 9.59 Å². The standard InChI is InChI=1S/C22H29N3O2/c1-3-25(4-2)16-8-15-23-21(26)20-13-11-18(12-14-20)17-24-22(27)19-9-6-5-7-10-19/h5-7,9-14H,3-4,8,15-17H2,1-2H3,(H,23,26)(H,24,27). The van der Waals surface area contributed by atoms with E-state index in [-0.39, 0.29) is 11.8 Å². The molecule has 2 amide bonds. The summed E-state index contributed by atoms with van der Waals surface area (Å²) in [6, 6.07) is 16.4. The molecule has 0 aliphatic rings. The van der Waals surface area contributed by atoms with Gasteiger partial charge in [0, 0.05) is 24.2 Å². The Hall–Kier alpha value is -2.66. The number of nitrogens with one attached hydrogen (secondary N) is 2. The Morgan fingerprint density at radius 1 is 0.815 bits per heavy atom. The van der Waals surface area contributed by atoms with E-state index in [1.165, 1.54) is 0 Å². The van der Waals surface area contributed by atoms with Crippen molar-refractivity contribution in [3.8, 4) is 0 Å². The van der Waals surface area contributed by atoms with Gasteiger partial charge in [0.1, 0.15) is 0 Å². The number of carbonyl (C=O) groups is 2. The molecule has 2 aromatic carbocycles. The van der Waals surface area contributed by atoms with Crippen LogP contribution in [0.1, 0.15) is 46.5 Å². The zero-order valence-electron chi connectivity index (χ0n) is 16.2. The van der Waals surface area contributed by atoms with E-state index in [1.807, 2.05) is 30.3 Å². The normalized spacial score (nSPS) is 10.6. The predicted octanol–water partition coefficient (Wildman–Crippen LogP) is 3.08. The second-order valence-electron chi connectivity index (χ2n) is 6.38. The third-order valence-corrected chi connectivity index (χ3v) is 4.54. The minimum atomic E-state index is -0.106. The van der Waals surface area contributed by atoms with E-state index in [1.54, 1.807) is 24.3 Å². The molecule has 0 heterocycles. The van der Waals surface area contributed by atoms with Gasteiger partial charge in [0.2, 0.25) is 0 Å². The topological polar surface area (TPSA) is 61.4 Å². The van der Waals surface area contributed by atoms with Crippen molar-refractivity contribution in [1.29, 1.82) is 0 Å². The summed E-state index contributed by atoms with van der Waals surface area (Å²) in [7, 11) is 0. The van der Waals surface area contributed by atoms with Gasteiger partial charge in [0.05, 0.1) is 0 Å². The highest BCUT2D eigenvalue weighted by Gasteiger charge is 2.07. The highest BCUT2D eigenvalue weighted by Crippen LogP contribution is 2.05. The Morgan fingerprint density at radius 3 is 2.04 bits per heavy atom. The fourth-order valence-corrected chi connectivity index (χ4v) is 2.79. The first-order chi connectivity index (χ1) is 13.1. The fourth-order valence-electron chi connectivity index (χ4n) is 2.79. The molecule has 5 heteroatoms. The predicted molar refractivity (Wildman–Crippen MR) is 109 cm³/mol. The molecule has 0 unspecified atom stereocenters. The number of benzene rings is 2. The van der Waals surface area contributed by atoms with E-state index in [0.717, 1.165) is 31.6 Å². The first-order valence-corrected chi connectivity index (χ1v) is 9.56. The molecule has 144 valence electrons. The van der Waals surface area contributed by atoms with Crippen molar-refractivity contribution in [1.82, 2.24) is 15.5 Å². The van der Waals surface area contributed by atoms with Gasteiger partial charge in [0.15, 0.2) is 0 Å². The highest BCUT2D eigenvalue weighted by atomic mass is 16.2. The molecule has 0 aromatic heterocycles. The van der Waals surface area contributed by atoms with Gasteiger partial charge in [-0.05, 0) is 55.9 Å². The first-order valence-electron chi connectivity index (χ1n) is 9.56. The summed E-state index contributed by atoms with van der Waals surface area (Å²) in [5, 5.41) is 5.84. The van der Waals surface area contributed by atoms with Crippen LogP contribution in [0.25, 0.3) is 0 Å². The molecule has 0 bridgehead atoms. The third-order valence-electron chi connectivity index (χ3n) is 4.54. The van der Waals surface area contributed by atoms with Gasteiger partial charge in [-0.1, -0.05) is 44.2 Å². The second-order valence-corrected chi connectivity index (χ2v) is 6.38. The molecule has 0 spiro atoms. The van der Waals surface area contributed by atoms with Crippen molar-refractivity contribution in [3.63, 3.8) is 0 Å². The summed E-state index contributed by atoms with van der Waals surface area (Å²) in [5.74, 6) is -0.167. The van der Waals surface area contributed by atoms with Crippen LogP contribution in [0.15, 0.2) is 54.6 Å². The quantitative estimate of drug-likeness (QED) is 0.635. The number of amides is 2. The van der Waals surface area contributed by atoms with E-state index in [0.29, 0.717) is 24.2 Å². The molecule has 2 rings (SSSR count). The summed E-state index contributed by atoms with van der Waals surface area (Å²) in [4.78, 5) is 26.6. The average Bonchev–Trinajstić information content (AvgIpc) is 2.73. The lowest BCUT2D eigenvalue weighted by Crippen LogP contribution is -2.29. The SMILES string of the molecule is CCN(CC)CCCNC(=O)c1ccc(CNC(=O)c2ccccc2)cc1. The van der Waals surface area contributed by atoms with Crippen molar-refractivity contribution in [3.05, 3.63) is 71.3 Å². The zero-order chi connectivity index (χ0) is 19.5. The van der Waals surface area contributed by atoms with E-state index in [2.05, 4.69) is 29.4 Å². The summed E-state index contributed by atoms with van der Waals surface area (Å²) in [6.45, 7) is 8.45. The van der Waals surface area contributed by atoms with E-state index in [4.69, 9.17) is 0 Å². The van der Waals surface area contributed by atoms with Gasteiger partial charge in [-0.25, -0.2) is 0 Å². The molecule has 2 N–H and O–H groups in total. The lowest BCUT2D eigenvalue weighted by atomic mass is 10.1. The molecular weight excluding hydrogens is 338 g/mol. The van der Waals surface area contributed by atoms with Crippen molar-refractivity contribution >= 4 is 11.8 Å². The van der Waals surface area contributed by atoms with Crippen LogP contribution in [0.2, 0.25) is 0 Å². The molecule has 27 heavy (non-hydrogen) atoms. The van der Waals surface area contributed by atoms with Gasteiger partial charge in [-0.2, -0.15) is 0 Å². The average molecular weight is 367 g/mol. The van der Waals surface area contributed by atoms with Crippen LogP contribution in [0.5, 0.6) is 0 Å². The largest absolute Gasteiger partial charge is 0.352 e. The maximum atomic E-state index is 12.2. The molecule has 0 atom stereocenters. The number of hydrogen-bond acceptors (Lipinski definition) is 3. The third kappa shape index (κ3) is 6.87. The Balaban J connectivity index is 1.75. The van der Waals surface area contributed by atoms with Gasteiger partial charge < -0.3 is 15.5 Å². The molecule has 0 radical (unpaired) electrons. The lowest BCUT2D eigenvalue weighted by molar-refractivity contribution is 0.0942. The number of hydrogen-bond donors (Lipinski definition) is 2. The van der Waals surface area contributed by atoms with Crippen LogP contribution < -0.4 is 10.6 Å². The Labute approximate surface area is 161 Å². The van der Waals surface area contributed by atoms with E-state index >= 15 is 0 Å². The molecule has 5 nitrogen and oxygen atoms in total. The van der Waals surface area contributed by atoms with Crippen molar-refractivity contribution in [2.24, 2.45) is 0 Å². The number of carbonyl (C=O) groups excluding carboxylic acids is 2. The van der Waals surface area contributed by atoms with E-state index < -0.39 is 0 Å². The summed E-state index contributed by atoms with van der Waals surface area (Å²) < 4.78 is 0. The maximum absolute atomic E-state index is 12.2. The smallest absolute Gasteiger partial charge is 0.251 e. The molecule has 0 aliphatic heterocycles. The van der Waals surface area contributed by atoms with Crippen LogP contribution in [0.3, 0.4) is 0 Å². The molecule has 0 aliphatic carbocycles. The van der Waals surface area contributed by atoms with Crippen LogP contribution in [-0.4, -0.2) is 42.9 Å². The second kappa shape index (κ2) is 11.1. The molecular formula is C22H29N3O2. The van der Waals surface area contributed by atoms with Crippen LogP contribution >= 0.6 is 0 Å². The van der Waals surface area contributed by atoms with Crippen molar-refractivity contribution in [2.45, 2.75) is 26.8 Å². The molecule has 0 saturated heterocycles. The Bertz CT molecular complexity index is 710. The maximum Gasteiger partial charge on any atom is 0.251 e. The molecule has 2 aromatic rings. The first kappa shape index (κ1) is 20.6. The van der Waals surface area contributed by atoms with Gasteiger partial charge in [0.25, 0.3) is 11.8 Å². The Morgan fingerprint density at radius 2 is 1.41 bits per heavy atom. The molecule has 0 saturated carbocycles. The number of rotatable bonds is 10. The Kier molecular flexibility index (Phi) is 8.52.